The van der Waals surface area contributed by atoms with Crippen LogP contribution in [0, 0.1) is 11.6 Å². The number of carboxylic acid groups (broad SMARTS) is 1. The Morgan fingerprint density at radius 3 is 2.83 bits per heavy atom. The van der Waals surface area contributed by atoms with Crippen molar-refractivity contribution in [1.82, 2.24) is 15.1 Å². The van der Waals surface area contributed by atoms with Gasteiger partial charge in [-0.15, -0.1) is 0 Å². The standard InChI is InChI=1S/C16H15F2N3O3/c17-10-4-2-6-12(14(10)18)21-11-5-1-3-9(11)15(20-21)16(24)19-8-7-13(22)23/h2,4,6H,1,3,5,7-8H2,(H,19,24)(H,22,23). The number of rotatable bonds is 5. The zero-order valence-electron chi connectivity index (χ0n) is 12.7. The van der Waals surface area contributed by atoms with Crippen LogP contribution < -0.4 is 5.32 Å². The van der Waals surface area contributed by atoms with Crippen molar-refractivity contribution in [2.24, 2.45) is 0 Å². The number of carboxylic acids is 1. The normalized spacial score (nSPS) is 12.9. The number of aromatic nitrogens is 2. The van der Waals surface area contributed by atoms with Crippen LogP contribution in [0.2, 0.25) is 0 Å². The van der Waals surface area contributed by atoms with Gasteiger partial charge in [0.1, 0.15) is 5.69 Å². The van der Waals surface area contributed by atoms with Crippen LogP contribution in [-0.4, -0.2) is 33.3 Å². The molecule has 1 aliphatic carbocycles. The molecule has 0 radical (unpaired) electrons. The Labute approximate surface area is 136 Å². The van der Waals surface area contributed by atoms with E-state index in [0.29, 0.717) is 24.1 Å². The Bertz CT molecular complexity index is 817. The van der Waals surface area contributed by atoms with Gasteiger partial charge in [-0.1, -0.05) is 6.07 Å². The molecule has 1 aliphatic rings. The van der Waals surface area contributed by atoms with Crippen molar-refractivity contribution in [3.63, 3.8) is 0 Å². The zero-order valence-corrected chi connectivity index (χ0v) is 12.7. The number of nitrogens with one attached hydrogen (secondary N) is 1. The Balaban J connectivity index is 1.95. The topological polar surface area (TPSA) is 84.2 Å². The second-order valence-corrected chi connectivity index (χ2v) is 5.51. The molecule has 0 unspecified atom stereocenters. The number of nitrogens with zero attached hydrogens (tertiary/aromatic N) is 2. The average Bonchev–Trinajstić information content (AvgIpc) is 3.12. The van der Waals surface area contributed by atoms with E-state index in [-0.39, 0.29) is 24.3 Å². The highest BCUT2D eigenvalue weighted by atomic mass is 19.2. The van der Waals surface area contributed by atoms with Crippen molar-refractivity contribution >= 4 is 11.9 Å². The molecule has 3 rings (SSSR count). The van der Waals surface area contributed by atoms with Gasteiger partial charge in [-0.3, -0.25) is 9.59 Å². The van der Waals surface area contributed by atoms with E-state index in [4.69, 9.17) is 5.11 Å². The maximum Gasteiger partial charge on any atom is 0.305 e. The fraction of sp³-hybridized carbons (Fsp3) is 0.312. The molecule has 0 saturated heterocycles. The summed E-state index contributed by atoms with van der Waals surface area (Å²) >= 11 is 0. The van der Waals surface area contributed by atoms with Crippen molar-refractivity contribution < 1.29 is 23.5 Å². The monoisotopic (exact) mass is 335 g/mol. The van der Waals surface area contributed by atoms with Gasteiger partial charge < -0.3 is 10.4 Å². The van der Waals surface area contributed by atoms with Crippen LogP contribution in [-0.2, 0) is 17.6 Å². The molecule has 0 aliphatic heterocycles. The summed E-state index contributed by atoms with van der Waals surface area (Å²) in [5, 5.41) is 15.3. The fourth-order valence-corrected chi connectivity index (χ4v) is 2.84. The fourth-order valence-electron chi connectivity index (χ4n) is 2.84. The second-order valence-electron chi connectivity index (χ2n) is 5.51. The average molecular weight is 335 g/mol. The van der Waals surface area contributed by atoms with Crippen molar-refractivity contribution in [1.29, 1.82) is 0 Å². The van der Waals surface area contributed by atoms with E-state index in [0.717, 1.165) is 12.5 Å². The van der Waals surface area contributed by atoms with Crippen LogP contribution in [0.5, 0.6) is 0 Å². The van der Waals surface area contributed by atoms with Gasteiger partial charge in [0, 0.05) is 17.8 Å². The highest BCUT2D eigenvalue weighted by molar-refractivity contribution is 5.94. The third kappa shape index (κ3) is 2.86. The first-order valence-electron chi connectivity index (χ1n) is 7.54. The molecule has 0 bridgehead atoms. The van der Waals surface area contributed by atoms with E-state index in [1.165, 1.54) is 16.8 Å². The molecule has 126 valence electrons. The lowest BCUT2D eigenvalue weighted by Crippen LogP contribution is -2.27. The summed E-state index contributed by atoms with van der Waals surface area (Å²) in [5.41, 5.74) is 1.48. The van der Waals surface area contributed by atoms with E-state index < -0.39 is 23.5 Å². The molecule has 1 aromatic carbocycles. The molecule has 0 fully saturated rings. The highest BCUT2D eigenvalue weighted by Crippen LogP contribution is 2.29. The van der Waals surface area contributed by atoms with Crippen molar-refractivity contribution in [3.8, 4) is 5.69 Å². The number of carbonyl (C=O) groups is 2. The van der Waals surface area contributed by atoms with Crippen LogP contribution in [0.4, 0.5) is 8.78 Å². The first-order chi connectivity index (χ1) is 11.5. The molecule has 2 N–H and O–H groups in total. The molecular formula is C16H15F2N3O3. The number of aliphatic carboxylic acids is 1. The van der Waals surface area contributed by atoms with Crippen LogP contribution in [0.15, 0.2) is 18.2 Å². The van der Waals surface area contributed by atoms with Gasteiger partial charge in [0.25, 0.3) is 5.91 Å². The van der Waals surface area contributed by atoms with Gasteiger partial charge in [-0.2, -0.15) is 5.10 Å². The largest absolute Gasteiger partial charge is 0.481 e. The summed E-state index contributed by atoms with van der Waals surface area (Å²) < 4.78 is 28.8. The maximum absolute atomic E-state index is 14.1. The van der Waals surface area contributed by atoms with Crippen molar-refractivity contribution in [2.75, 3.05) is 6.54 Å². The molecule has 1 aromatic heterocycles. The minimum absolute atomic E-state index is 0.0237. The predicted molar refractivity (Wildman–Crippen MR) is 80.1 cm³/mol. The number of hydrogen-bond donors (Lipinski definition) is 2. The Morgan fingerprint density at radius 2 is 2.08 bits per heavy atom. The quantitative estimate of drug-likeness (QED) is 0.873. The van der Waals surface area contributed by atoms with Gasteiger partial charge in [-0.25, -0.2) is 13.5 Å². The number of fused-ring (bicyclic) bond motifs is 1. The molecule has 0 atom stereocenters. The van der Waals surface area contributed by atoms with Crippen LogP contribution in [0.3, 0.4) is 0 Å². The van der Waals surface area contributed by atoms with E-state index in [1.807, 2.05) is 0 Å². The first-order valence-corrected chi connectivity index (χ1v) is 7.54. The third-order valence-corrected chi connectivity index (χ3v) is 3.93. The van der Waals surface area contributed by atoms with Gasteiger partial charge in [-0.05, 0) is 31.4 Å². The molecule has 0 saturated carbocycles. The van der Waals surface area contributed by atoms with Crippen LogP contribution >= 0.6 is 0 Å². The number of hydrogen-bond acceptors (Lipinski definition) is 3. The van der Waals surface area contributed by atoms with E-state index in [2.05, 4.69) is 10.4 Å². The highest BCUT2D eigenvalue weighted by Gasteiger charge is 2.28. The van der Waals surface area contributed by atoms with Crippen molar-refractivity contribution in [3.05, 3.63) is 46.8 Å². The van der Waals surface area contributed by atoms with Gasteiger partial charge in [0.2, 0.25) is 0 Å². The molecule has 6 nitrogen and oxygen atoms in total. The lowest BCUT2D eigenvalue weighted by molar-refractivity contribution is -0.136. The van der Waals surface area contributed by atoms with Gasteiger partial charge >= 0.3 is 5.97 Å². The van der Waals surface area contributed by atoms with E-state index in [9.17, 15) is 18.4 Å². The molecule has 8 heteroatoms. The lowest BCUT2D eigenvalue weighted by Gasteiger charge is -2.07. The van der Waals surface area contributed by atoms with Crippen LogP contribution in [0.1, 0.15) is 34.6 Å². The lowest BCUT2D eigenvalue weighted by atomic mass is 10.2. The molecule has 1 amide bonds. The first kappa shape index (κ1) is 16.1. The summed E-state index contributed by atoms with van der Waals surface area (Å²) in [6.45, 7) is -0.0237. The SMILES string of the molecule is O=C(O)CCNC(=O)c1nn(-c2cccc(F)c2F)c2c1CCC2. The number of halogens is 2. The predicted octanol–water partition coefficient (Wildman–Crippen LogP) is 1.84. The number of benzene rings is 1. The molecule has 2 aromatic rings. The van der Waals surface area contributed by atoms with Gasteiger partial charge in [0.05, 0.1) is 6.42 Å². The molecule has 24 heavy (non-hydrogen) atoms. The van der Waals surface area contributed by atoms with Crippen molar-refractivity contribution in [2.45, 2.75) is 25.7 Å². The minimum atomic E-state index is -1.02. The summed E-state index contributed by atoms with van der Waals surface area (Å²) in [6, 6.07) is 3.79. The van der Waals surface area contributed by atoms with E-state index in [1.54, 1.807) is 0 Å². The Morgan fingerprint density at radius 1 is 1.29 bits per heavy atom. The van der Waals surface area contributed by atoms with Gasteiger partial charge in [0.15, 0.2) is 17.3 Å². The van der Waals surface area contributed by atoms with Crippen LogP contribution in [0.25, 0.3) is 5.69 Å². The molecular weight excluding hydrogens is 320 g/mol. The summed E-state index contributed by atoms with van der Waals surface area (Å²) in [5.74, 6) is -3.53. The third-order valence-electron chi connectivity index (χ3n) is 3.93. The summed E-state index contributed by atoms with van der Waals surface area (Å²) in [6.07, 6.45) is 1.82. The molecule has 1 heterocycles. The zero-order chi connectivity index (χ0) is 17.3. The number of amides is 1. The summed E-state index contributed by atoms with van der Waals surface area (Å²) in [7, 11) is 0. The second kappa shape index (κ2) is 6.38. The smallest absolute Gasteiger partial charge is 0.305 e. The maximum atomic E-state index is 14.1. The Kier molecular flexibility index (Phi) is 4.28. The summed E-state index contributed by atoms with van der Waals surface area (Å²) in [4.78, 5) is 22.7. The molecule has 0 spiro atoms. The van der Waals surface area contributed by atoms with E-state index >= 15 is 0 Å². The Hall–Kier alpha value is -2.77. The minimum Gasteiger partial charge on any atom is -0.481 e. The number of carbonyl (C=O) groups excluding carboxylic acids is 1.